The molecule has 84 valence electrons. The van der Waals surface area contributed by atoms with E-state index in [0.29, 0.717) is 11.4 Å². The van der Waals surface area contributed by atoms with Crippen LogP contribution in [0.15, 0.2) is 18.2 Å². The van der Waals surface area contributed by atoms with Crippen molar-refractivity contribution in [3.05, 3.63) is 28.8 Å². The van der Waals surface area contributed by atoms with Gasteiger partial charge in [-0.2, -0.15) is 0 Å². The molecular weight excluding hydrogens is 212 g/mol. The van der Waals surface area contributed by atoms with Crippen molar-refractivity contribution >= 4 is 11.6 Å². The Morgan fingerprint density at radius 1 is 1.47 bits per heavy atom. The van der Waals surface area contributed by atoms with Gasteiger partial charge in [0.1, 0.15) is 12.4 Å². The van der Waals surface area contributed by atoms with E-state index in [1.807, 2.05) is 26.0 Å². The molecule has 0 radical (unpaired) electrons. The number of ether oxygens (including phenoxy) is 1. The number of hydrogen-bond donors (Lipinski definition) is 1. The van der Waals surface area contributed by atoms with E-state index in [0.717, 1.165) is 11.3 Å². The maximum Gasteiger partial charge on any atom is 0.123 e. The second kappa shape index (κ2) is 4.86. The van der Waals surface area contributed by atoms with Crippen LogP contribution in [0.25, 0.3) is 0 Å². The van der Waals surface area contributed by atoms with Gasteiger partial charge in [-0.05, 0) is 38.0 Å². The summed E-state index contributed by atoms with van der Waals surface area (Å²) < 4.78 is 5.54. The lowest BCUT2D eigenvalue weighted by Gasteiger charge is -2.22. The Kier molecular flexibility index (Phi) is 4.00. The Morgan fingerprint density at radius 3 is 2.73 bits per heavy atom. The van der Waals surface area contributed by atoms with Crippen LogP contribution in [0.5, 0.6) is 5.75 Å². The first-order valence-corrected chi connectivity index (χ1v) is 5.44. The lowest BCUT2D eigenvalue weighted by Crippen LogP contribution is -2.31. The summed E-state index contributed by atoms with van der Waals surface area (Å²) in [5, 5.41) is 10.4. The zero-order valence-corrected chi connectivity index (χ0v) is 10.1. The fraction of sp³-hybridized carbons (Fsp3) is 0.500. The van der Waals surface area contributed by atoms with Crippen LogP contribution < -0.4 is 4.74 Å². The van der Waals surface area contributed by atoms with Crippen molar-refractivity contribution in [3.63, 3.8) is 0 Å². The molecule has 1 aromatic carbocycles. The van der Waals surface area contributed by atoms with Gasteiger partial charge in [0, 0.05) is 5.02 Å². The number of aliphatic hydroxyl groups is 1. The van der Waals surface area contributed by atoms with Crippen molar-refractivity contribution in [2.24, 2.45) is 0 Å². The third-order valence-corrected chi connectivity index (χ3v) is 2.69. The topological polar surface area (TPSA) is 29.5 Å². The maximum absolute atomic E-state index is 9.79. The van der Waals surface area contributed by atoms with Gasteiger partial charge < -0.3 is 9.84 Å². The van der Waals surface area contributed by atoms with Crippen molar-refractivity contribution in [1.29, 1.82) is 0 Å². The van der Waals surface area contributed by atoms with E-state index in [4.69, 9.17) is 16.3 Å². The highest BCUT2D eigenvalue weighted by atomic mass is 35.5. The minimum absolute atomic E-state index is 0.282. The van der Waals surface area contributed by atoms with E-state index in [1.165, 1.54) is 0 Å². The quantitative estimate of drug-likeness (QED) is 0.858. The van der Waals surface area contributed by atoms with Crippen LogP contribution in [0, 0.1) is 6.92 Å². The number of hydrogen-bond acceptors (Lipinski definition) is 2. The molecular formula is C12H17ClO2. The summed E-state index contributed by atoms with van der Waals surface area (Å²) in [5.41, 5.74) is 0.237. The van der Waals surface area contributed by atoms with Crippen molar-refractivity contribution in [2.45, 2.75) is 32.8 Å². The molecule has 0 aliphatic rings. The molecule has 1 unspecified atom stereocenters. The van der Waals surface area contributed by atoms with Gasteiger partial charge in [-0.3, -0.25) is 0 Å². The fourth-order valence-electron chi connectivity index (χ4n) is 1.06. The normalized spacial score (nSPS) is 14.7. The van der Waals surface area contributed by atoms with E-state index in [9.17, 15) is 5.11 Å². The second-order valence-corrected chi connectivity index (χ2v) is 4.49. The third kappa shape index (κ3) is 3.73. The molecule has 15 heavy (non-hydrogen) atoms. The van der Waals surface area contributed by atoms with E-state index >= 15 is 0 Å². The first-order valence-electron chi connectivity index (χ1n) is 5.06. The lowest BCUT2D eigenvalue weighted by atomic mass is 10.1. The SMILES string of the molecule is CCC(C)(O)COc1cc(Cl)ccc1C. The molecule has 0 heterocycles. The van der Waals surface area contributed by atoms with E-state index in [2.05, 4.69) is 0 Å². The van der Waals surface area contributed by atoms with Crippen LogP contribution in [0.4, 0.5) is 0 Å². The minimum Gasteiger partial charge on any atom is -0.490 e. The molecule has 0 amide bonds. The van der Waals surface area contributed by atoms with Gasteiger partial charge in [-0.1, -0.05) is 24.6 Å². The summed E-state index contributed by atoms with van der Waals surface area (Å²) in [6.45, 7) is 5.91. The second-order valence-electron chi connectivity index (χ2n) is 4.05. The fourth-order valence-corrected chi connectivity index (χ4v) is 1.23. The van der Waals surface area contributed by atoms with E-state index in [-0.39, 0.29) is 6.61 Å². The smallest absolute Gasteiger partial charge is 0.123 e. The molecule has 0 spiro atoms. The highest BCUT2D eigenvalue weighted by Crippen LogP contribution is 2.23. The van der Waals surface area contributed by atoms with Gasteiger partial charge in [0.25, 0.3) is 0 Å². The molecule has 0 aliphatic heterocycles. The molecule has 2 nitrogen and oxygen atoms in total. The van der Waals surface area contributed by atoms with Gasteiger partial charge in [0.05, 0.1) is 5.60 Å². The molecule has 3 heteroatoms. The Hall–Kier alpha value is -0.730. The molecule has 0 fully saturated rings. The molecule has 1 rings (SSSR count). The van der Waals surface area contributed by atoms with Crippen LogP contribution >= 0.6 is 11.6 Å². The number of aryl methyl sites for hydroxylation is 1. The van der Waals surface area contributed by atoms with E-state index < -0.39 is 5.60 Å². The summed E-state index contributed by atoms with van der Waals surface area (Å²) in [4.78, 5) is 0. The Morgan fingerprint density at radius 2 is 2.13 bits per heavy atom. The maximum atomic E-state index is 9.79. The van der Waals surface area contributed by atoms with Crippen molar-refractivity contribution in [2.75, 3.05) is 6.61 Å². The summed E-state index contributed by atoms with van der Waals surface area (Å²) in [5.74, 6) is 0.733. The van der Waals surface area contributed by atoms with Crippen molar-refractivity contribution < 1.29 is 9.84 Å². The van der Waals surface area contributed by atoms with E-state index in [1.54, 1.807) is 13.0 Å². The molecule has 0 aromatic heterocycles. The van der Waals surface area contributed by atoms with Crippen molar-refractivity contribution in [3.8, 4) is 5.75 Å². The number of halogens is 1. The highest BCUT2D eigenvalue weighted by molar-refractivity contribution is 6.30. The Labute approximate surface area is 95.8 Å². The Bertz CT molecular complexity index is 334. The first kappa shape index (κ1) is 12.3. The van der Waals surface area contributed by atoms with Crippen LogP contribution in [0.3, 0.4) is 0 Å². The predicted octanol–water partition coefficient (Wildman–Crippen LogP) is 3.19. The van der Waals surface area contributed by atoms with Gasteiger partial charge >= 0.3 is 0 Å². The van der Waals surface area contributed by atoms with Crippen molar-refractivity contribution in [1.82, 2.24) is 0 Å². The minimum atomic E-state index is -0.783. The van der Waals surface area contributed by atoms with Gasteiger partial charge in [-0.15, -0.1) is 0 Å². The Balaban J connectivity index is 2.69. The van der Waals surface area contributed by atoms with Gasteiger partial charge in [0.15, 0.2) is 0 Å². The number of rotatable bonds is 4. The molecule has 0 saturated carbocycles. The predicted molar refractivity (Wildman–Crippen MR) is 62.6 cm³/mol. The third-order valence-electron chi connectivity index (χ3n) is 2.45. The molecule has 0 bridgehead atoms. The zero-order valence-electron chi connectivity index (χ0n) is 9.38. The van der Waals surface area contributed by atoms with Crippen LogP contribution in [0.1, 0.15) is 25.8 Å². The molecule has 1 aromatic rings. The average Bonchev–Trinajstić information content (AvgIpc) is 2.20. The monoisotopic (exact) mass is 228 g/mol. The zero-order chi connectivity index (χ0) is 11.5. The highest BCUT2D eigenvalue weighted by Gasteiger charge is 2.18. The molecule has 1 N–H and O–H groups in total. The van der Waals surface area contributed by atoms with Crippen LogP contribution in [-0.2, 0) is 0 Å². The molecule has 1 atom stereocenters. The summed E-state index contributed by atoms with van der Waals surface area (Å²) >= 11 is 5.86. The molecule has 0 aliphatic carbocycles. The van der Waals surface area contributed by atoms with Gasteiger partial charge in [0.2, 0.25) is 0 Å². The standard InChI is InChI=1S/C12H17ClO2/c1-4-12(3,14)8-15-11-7-10(13)6-5-9(11)2/h5-7,14H,4,8H2,1-3H3. The van der Waals surface area contributed by atoms with Crippen LogP contribution in [0.2, 0.25) is 5.02 Å². The summed E-state index contributed by atoms with van der Waals surface area (Å²) in [6.07, 6.45) is 0.659. The largest absolute Gasteiger partial charge is 0.490 e. The van der Waals surface area contributed by atoms with Gasteiger partial charge in [-0.25, -0.2) is 0 Å². The van der Waals surface area contributed by atoms with Crippen LogP contribution in [-0.4, -0.2) is 17.3 Å². The average molecular weight is 229 g/mol. The summed E-state index contributed by atoms with van der Waals surface area (Å²) in [7, 11) is 0. The number of benzene rings is 1. The molecule has 0 saturated heterocycles. The first-order chi connectivity index (χ1) is 6.94. The summed E-state index contributed by atoms with van der Waals surface area (Å²) in [6, 6.07) is 5.49. The lowest BCUT2D eigenvalue weighted by molar-refractivity contribution is 0.00828.